The number of carbonyl (C=O) groups excluding carboxylic acids is 1. The fraction of sp³-hybridized carbons (Fsp3) is 0.944. The molecule has 0 aromatic heterocycles. The van der Waals surface area contributed by atoms with E-state index in [0.29, 0.717) is 23.3 Å². The summed E-state index contributed by atoms with van der Waals surface area (Å²) in [4.78, 5) is 13.1. The molecular weight excluding hydrogens is 260 g/mol. The molecule has 4 aliphatic carbocycles. The molecule has 2 N–H and O–H groups in total. The number of hydrogen-bond donors (Lipinski definition) is 2. The van der Waals surface area contributed by atoms with Crippen LogP contribution in [0.3, 0.4) is 0 Å². The summed E-state index contributed by atoms with van der Waals surface area (Å²) in [7, 11) is 0. The maximum atomic E-state index is 13.1. The predicted molar refractivity (Wildman–Crippen MR) is 83.8 cm³/mol. The summed E-state index contributed by atoms with van der Waals surface area (Å²) in [6.45, 7) is 6.82. The Labute approximate surface area is 128 Å². The Kier molecular flexibility index (Phi) is 3.15. The molecule has 3 nitrogen and oxygen atoms in total. The van der Waals surface area contributed by atoms with Crippen LogP contribution in [0.15, 0.2) is 0 Å². The highest BCUT2D eigenvalue weighted by atomic mass is 16.2. The lowest BCUT2D eigenvalue weighted by Crippen LogP contribution is -2.58. The van der Waals surface area contributed by atoms with Crippen molar-refractivity contribution in [1.29, 1.82) is 0 Å². The van der Waals surface area contributed by atoms with Gasteiger partial charge >= 0.3 is 0 Å². The van der Waals surface area contributed by atoms with Gasteiger partial charge in [-0.3, -0.25) is 4.79 Å². The standard InChI is InChI=1S/C18H30N2O/c1-12(15-3-4-19-10-15)20-16(21)18-8-13-5-14(9-18)7-17(2,6-13)11-18/h12-15,19H,3-11H2,1-2H3,(H,20,21). The molecule has 4 bridgehead atoms. The van der Waals surface area contributed by atoms with Crippen LogP contribution in [0.2, 0.25) is 0 Å². The third kappa shape index (κ3) is 2.32. The lowest BCUT2D eigenvalue weighted by molar-refractivity contribution is -0.156. The zero-order chi connectivity index (χ0) is 14.7. The van der Waals surface area contributed by atoms with Crippen molar-refractivity contribution in [2.45, 2.75) is 64.8 Å². The molecule has 5 aliphatic rings. The first-order valence-corrected chi connectivity index (χ1v) is 9.00. The molecule has 118 valence electrons. The molecule has 0 aromatic rings. The van der Waals surface area contributed by atoms with Gasteiger partial charge in [-0.05, 0) is 88.1 Å². The Bertz CT molecular complexity index is 426. The molecule has 5 fully saturated rings. The fourth-order valence-corrected chi connectivity index (χ4v) is 6.57. The second-order valence-electron chi connectivity index (χ2n) is 9.07. The number of rotatable bonds is 3. The van der Waals surface area contributed by atoms with Crippen LogP contribution in [0.25, 0.3) is 0 Å². The number of amides is 1. The van der Waals surface area contributed by atoms with Gasteiger partial charge in [0.1, 0.15) is 0 Å². The molecule has 0 radical (unpaired) electrons. The van der Waals surface area contributed by atoms with Crippen molar-refractivity contribution in [3.05, 3.63) is 0 Å². The molecule has 1 saturated heterocycles. The van der Waals surface area contributed by atoms with Gasteiger partial charge in [0, 0.05) is 6.04 Å². The topological polar surface area (TPSA) is 41.1 Å². The number of nitrogens with one attached hydrogen (secondary N) is 2. The maximum Gasteiger partial charge on any atom is 0.226 e. The van der Waals surface area contributed by atoms with Crippen LogP contribution in [0.1, 0.15) is 58.8 Å². The van der Waals surface area contributed by atoms with Crippen LogP contribution in [0.4, 0.5) is 0 Å². The quantitative estimate of drug-likeness (QED) is 0.839. The summed E-state index contributed by atoms with van der Waals surface area (Å²) in [6, 6.07) is 0.327. The summed E-state index contributed by atoms with van der Waals surface area (Å²) >= 11 is 0. The summed E-state index contributed by atoms with van der Waals surface area (Å²) in [5.74, 6) is 2.66. The molecule has 0 aromatic carbocycles. The molecule has 4 saturated carbocycles. The number of carbonyl (C=O) groups is 1. The Morgan fingerprint density at radius 3 is 2.52 bits per heavy atom. The van der Waals surface area contributed by atoms with E-state index < -0.39 is 0 Å². The van der Waals surface area contributed by atoms with E-state index in [0.717, 1.165) is 31.3 Å². The van der Waals surface area contributed by atoms with Crippen molar-refractivity contribution in [3.8, 4) is 0 Å². The van der Waals surface area contributed by atoms with Crippen molar-refractivity contribution < 1.29 is 4.79 Å². The average Bonchev–Trinajstić information content (AvgIpc) is 2.89. The number of hydrogen-bond acceptors (Lipinski definition) is 2. The van der Waals surface area contributed by atoms with E-state index in [1.165, 1.54) is 38.5 Å². The molecule has 1 heterocycles. The minimum atomic E-state index is -0.0148. The van der Waals surface area contributed by atoms with Gasteiger partial charge in [-0.25, -0.2) is 0 Å². The molecular formula is C18H30N2O. The molecule has 5 rings (SSSR count). The van der Waals surface area contributed by atoms with Crippen molar-refractivity contribution in [2.75, 3.05) is 13.1 Å². The van der Waals surface area contributed by atoms with Gasteiger partial charge in [-0.15, -0.1) is 0 Å². The smallest absolute Gasteiger partial charge is 0.226 e. The van der Waals surface area contributed by atoms with Gasteiger partial charge in [0.25, 0.3) is 0 Å². The van der Waals surface area contributed by atoms with E-state index in [9.17, 15) is 4.79 Å². The third-order valence-electron chi connectivity index (χ3n) is 7.00. The van der Waals surface area contributed by atoms with Crippen LogP contribution in [0, 0.1) is 28.6 Å². The Balaban J connectivity index is 1.48. The molecule has 4 atom stereocenters. The van der Waals surface area contributed by atoms with E-state index in [4.69, 9.17) is 0 Å². The van der Waals surface area contributed by atoms with E-state index >= 15 is 0 Å². The van der Waals surface area contributed by atoms with Gasteiger partial charge in [-0.1, -0.05) is 6.92 Å². The minimum absolute atomic E-state index is 0.0148. The van der Waals surface area contributed by atoms with Crippen LogP contribution in [-0.2, 0) is 4.79 Å². The molecule has 3 heteroatoms. The Morgan fingerprint density at radius 1 is 1.24 bits per heavy atom. The van der Waals surface area contributed by atoms with Crippen molar-refractivity contribution in [1.82, 2.24) is 10.6 Å². The second kappa shape index (κ2) is 4.71. The maximum absolute atomic E-state index is 13.1. The van der Waals surface area contributed by atoms with Crippen LogP contribution >= 0.6 is 0 Å². The highest BCUT2D eigenvalue weighted by Gasteiger charge is 2.58. The lowest BCUT2D eigenvalue weighted by atomic mass is 9.44. The normalized spacial score (nSPS) is 49.3. The minimum Gasteiger partial charge on any atom is -0.353 e. The predicted octanol–water partition coefficient (Wildman–Crippen LogP) is 2.71. The van der Waals surface area contributed by atoms with Crippen molar-refractivity contribution in [2.24, 2.45) is 28.6 Å². The van der Waals surface area contributed by atoms with E-state index in [-0.39, 0.29) is 5.41 Å². The van der Waals surface area contributed by atoms with Crippen LogP contribution in [0.5, 0.6) is 0 Å². The van der Waals surface area contributed by atoms with E-state index in [1.807, 2.05) is 0 Å². The van der Waals surface area contributed by atoms with Crippen LogP contribution in [-0.4, -0.2) is 25.0 Å². The summed E-state index contributed by atoms with van der Waals surface area (Å²) in [5, 5.41) is 6.83. The van der Waals surface area contributed by atoms with Gasteiger partial charge in [0.15, 0.2) is 0 Å². The van der Waals surface area contributed by atoms with Crippen molar-refractivity contribution >= 4 is 5.91 Å². The monoisotopic (exact) mass is 290 g/mol. The molecule has 21 heavy (non-hydrogen) atoms. The first-order valence-electron chi connectivity index (χ1n) is 9.00. The van der Waals surface area contributed by atoms with E-state index in [1.54, 1.807) is 0 Å². The second-order valence-corrected chi connectivity index (χ2v) is 9.07. The van der Waals surface area contributed by atoms with Gasteiger partial charge < -0.3 is 10.6 Å². The zero-order valence-electron chi connectivity index (χ0n) is 13.6. The zero-order valence-corrected chi connectivity index (χ0v) is 13.6. The third-order valence-corrected chi connectivity index (χ3v) is 7.00. The summed E-state index contributed by atoms with van der Waals surface area (Å²) in [6.07, 6.45) is 8.83. The first kappa shape index (κ1) is 14.0. The average molecular weight is 290 g/mol. The van der Waals surface area contributed by atoms with Gasteiger partial charge in [-0.2, -0.15) is 0 Å². The van der Waals surface area contributed by atoms with Crippen LogP contribution < -0.4 is 10.6 Å². The Morgan fingerprint density at radius 2 is 1.95 bits per heavy atom. The molecule has 4 unspecified atom stereocenters. The Hall–Kier alpha value is -0.570. The summed E-state index contributed by atoms with van der Waals surface area (Å²) < 4.78 is 0. The van der Waals surface area contributed by atoms with Gasteiger partial charge in [0.2, 0.25) is 5.91 Å². The SMILES string of the molecule is CC(NC(=O)C12CC3CC(CC(C)(C3)C1)C2)C1CCNC1. The molecule has 0 spiro atoms. The first-order chi connectivity index (χ1) is 9.98. The molecule has 1 aliphatic heterocycles. The fourth-order valence-electron chi connectivity index (χ4n) is 6.57. The van der Waals surface area contributed by atoms with Gasteiger partial charge in [0.05, 0.1) is 5.41 Å². The summed E-state index contributed by atoms with van der Waals surface area (Å²) in [5.41, 5.74) is 0.443. The highest BCUT2D eigenvalue weighted by molar-refractivity contribution is 5.83. The largest absolute Gasteiger partial charge is 0.353 e. The lowest BCUT2D eigenvalue weighted by Gasteiger charge is -2.60. The van der Waals surface area contributed by atoms with Crippen molar-refractivity contribution in [3.63, 3.8) is 0 Å². The highest BCUT2D eigenvalue weighted by Crippen LogP contribution is 2.65. The van der Waals surface area contributed by atoms with E-state index in [2.05, 4.69) is 24.5 Å². The molecule has 1 amide bonds.